The van der Waals surface area contributed by atoms with Crippen molar-refractivity contribution in [1.82, 2.24) is 10.3 Å². The lowest BCUT2D eigenvalue weighted by molar-refractivity contribution is 0.261. The molecule has 1 aromatic heterocycles. The van der Waals surface area contributed by atoms with E-state index in [-0.39, 0.29) is 5.41 Å². The molecule has 4 rings (SSSR count). The molecule has 0 spiro atoms. The Labute approximate surface area is 138 Å². The van der Waals surface area contributed by atoms with E-state index in [0.717, 1.165) is 13.1 Å². The molecular weight excluding hydrogens is 280 g/mol. The highest BCUT2D eigenvalue weighted by Crippen LogP contribution is 2.46. The maximum absolute atomic E-state index is 4.86. The van der Waals surface area contributed by atoms with Gasteiger partial charge in [0.15, 0.2) is 0 Å². The summed E-state index contributed by atoms with van der Waals surface area (Å²) in [6.07, 6.45) is 8.88. The normalized spacial score (nSPS) is 23.9. The Hall–Kier alpha value is -1.93. The largest absolute Gasteiger partial charge is 0.317 e. The van der Waals surface area contributed by atoms with Gasteiger partial charge in [0.25, 0.3) is 0 Å². The van der Waals surface area contributed by atoms with Gasteiger partial charge >= 0.3 is 0 Å². The fourth-order valence-corrected chi connectivity index (χ4v) is 4.40. The summed E-state index contributed by atoms with van der Waals surface area (Å²) in [5.41, 5.74) is 6.59. The van der Waals surface area contributed by atoms with Gasteiger partial charge in [-0.2, -0.15) is 0 Å². The first-order valence-corrected chi connectivity index (χ1v) is 8.65. The number of nitrogens with zero attached hydrogens (tertiary/aromatic N) is 1. The molecule has 0 bridgehead atoms. The van der Waals surface area contributed by atoms with E-state index in [9.17, 15) is 0 Å². The first kappa shape index (κ1) is 14.6. The van der Waals surface area contributed by atoms with Crippen molar-refractivity contribution in [3.05, 3.63) is 64.5 Å². The van der Waals surface area contributed by atoms with Crippen molar-refractivity contribution < 1.29 is 0 Å². The van der Waals surface area contributed by atoms with Gasteiger partial charge in [-0.1, -0.05) is 42.0 Å². The maximum Gasteiger partial charge on any atom is 0.0581 e. The number of aromatic nitrogens is 1. The zero-order valence-corrected chi connectivity index (χ0v) is 14.0. The van der Waals surface area contributed by atoms with Gasteiger partial charge in [-0.25, -0.2) is 0 Å². The molecule has 2 heterocycles. The SMILES string of the molecule is Cc1ccc2c(c1)C=Cc1cccnc1C2(C)C1CCNCC1. The van der Waals surface area contributed by atoms with Crippen LogP contribution in [0.4, 0.5) is 0 Å². The van der Waals surface area contributed by atoms with Crippen molar-refractivity contribution in [3.8, 4) is 0 Å². The molecule has 1 N–H and O–H groups in total. The summed E-state index contributed by atoms with van der Waals surface area (Å²) < 4.78 is 0. The fraction of sp³-hybridized carbons (Fsp3) is 0.381. The van der Waals surface area contributed by atoms with E-state index < -0.39 is 0 Å². The molecule has 1 fully saturated rings. The van der Waals surface area contributed by atoms with Crippen molar-refractivity contribution in [1.29, 1.82) is 0 Å². The summed E-state index contributed by atoms with van der Waals surface area (Å²) in [5, 5.41) is 3.51. The second-order valence-electron chi connectivity index (χ2n) is 7.09. The van der Waals surface area contributed by atoms with Gasteiger partial charge in [0.2, 0.25) is 0 Å². The van der Waals surface area contributed by atoms with Gasteiger partial charge in [0.05, 0.1) is 5.69 Å². The molecule has 118 valence electrons. The molecule has 1 aliphatic heterocycles. The lowest BCUT2D eigenvalue weighted by Crippen LogP contribution is -2.41. The third kappa shape index (κ3) is 2.33. The van der Waals surface area contributed by atoms with E-state index in [4.69, 9.17) is 4.98 Å². The Balaban J connectivity index is 1.97. The molecule has 1 aliphatic carbocycles. The first-order chi connectivity index (χ1) is 11.2. The van der Waals surface area contributed by atoms with Crippen molar-refractivity contribution in [3.63, 3.8) is 0 Å². The molecule has 2 aliphatic rings. The third-order valence-corrected chi connectivity index (χ3v) is 5.70. The summed E-state index contributed by atoms with van der Waals surface area (Å²) in [4.78, 5) is 4.86. The predicted molar refractivity (Wildman–Crippen MR) is 96.4 cm³/mol. The number of benzene rings is 1. The van der Waals surface area contributed by atoms with Crippen LogP contribution in [-0.2, 0) is 5.41 Å². The standard InChI is InChI=1S/C21H24N2/c1-15-5-8-19-17(14-15)7-6-16-4-3-11-23-20(16)21(19,2)18-9-12-22-13-10-18/h3-8,11,14,18,22H,9-10,12-13H2,1-2H3. The van der Waals surface area contributed by atoms with Gasteiger partial charge in [-0.15, -0.1) is 0 Å². The number of pyridine rings is 1. The first-order valence-electron chi connectivity index (χ1n) is 8.65. The topological polar surface area (TPSA) is 24.9 Å². The lowest BCUT2D eigenvalue weighted by Gasteiger charge is -2.41. The number of rotatable bonds is 1. The summed E-state index contributed by atoms with van der Waals surface area (Å²) in [5.74, 6) is 0.624. The van der Waals surface area contributed by atoms with Crippen LogP contribution in [0.15, 0.2) is 36.5 Å². The Morgan fingerprint density at radius 1 is 1.09 bits per heavy atom. The Bertz CT molecular complexity index is 756. The van der Waals surface area contributed by atoms with Crippen LogP contribution in [0.2, 0.25) is 0 Å². The van der Waals surface area contributed by atoms with Gasteiger partial charge in [0.1, 0.15) is 0 Å². The van der Waals surface area contributed by atoms with E-state index in [1.807, 2.05) is 12.3 Å². The molecular formula is C21H24N2. The summed E-state index contributed by atoms with van der Waals surface area (Å²) in [7, 11) is 0. The van der Waals surface area contributed by atoms with Crippen LogP contribution in [0, 0.1) is 12.8 Å². The molecule has 1 atom stereocenters. The minimum atomic E-state index is -0.0226. The Morgan fingerprint density at radius 3 is 2.70 bits per heavy atom. The molecule has 2 heteroatoms. The molecule has 0 saturated carbocycles. The number of piperidine rings is 1. The quantitative estimate of drug-likeness (QED) is 0.855. The van der Waals surface area contributed by atoms with Crippen LogP contribution in [0.1, 0.15) is 47.7 Å². The van der Waals surface area contributed by atoms with Crippen LogP contribution in [0.25, 0.3) is 12.2 Å². The van der Waals surface area contributed by atoms with Gasteiger partial charge < -0.3 is 5.32 Å². The van der Waals surface area contributed by atoms with Crippen molar-refractivity contribution >= 4 is 12.2 Å². The highest BCUT2D eigenvalue weighted by molar-refractivity contribution is 5.77. The summed E-state index contributed by atoms with van der Waals surface area (Å²) in [6, 6.07) is 11.2. The molecule has 2 aromatic rings. The smallest absolute Gasteiger partial charge is 0.0581 e. The minimum Gasteiger partial charge on any atom is -0.317 e. The number of fused-ring (bicyclic) bond motifs is 2. The van der Waals surface area contributed by atoms with Crippen LogP contribution in [0.3, 0.4) is 0 Å². The second kappa shape index (κ2) is 5.61. The van der Waals surface area contributed by atoms with Gasteiger partial charge in [-0.3, -0.25) is 4.98 Å². The molecule has 0 radical (unpaired) electrons. The van der Waals surface area contributed by atoms with Crippen molar-refractivity contribution in [2.45, 2.75) is 32.1 Å². The summed E-state index contributed by atoms with van der Waals surface area (Å²) in [6.45, 7) is 6.80. The van der Waals surface area contributed by atoms with Crippen LogP contribution >= 0.6 is 0 Å². The van der Waals surface area contributed by atoms with Crippen LogP contribution in [0.5, 0.6) is 0 Å². The number of nitrogens with one attached hydrogen (secondary N) is 1. The van der Waals surface area contributed by atoms with E-state index in [1.165, 1.54) is 40.8 Å². The summed E-state index contributed by atoms with van der Waals surface area (Å²) >= 11 is 0. The second-order valence-corrected chi connectivity index (χ2v) is 7.09. The van der Waals surface area contributed by atoms with E-state index >= 15 is 0 Å². The fourth-order valence-electron chi connectivity index (χ4n) is 4.40. The van der Waals surface area contributed by atoms with E-state index in [1.54, 1.807) is 0 Å². The highest BCUT2D eigenvalue weighted by Gasteiger charge is 2.42. The zero-order valence-electron chi connectivity index (χ0n) is 14.0. The lowest BCUT2D eigenvalue weighted by atomic mass is 9.64. The zero-order chi connectivity index (χ0) is 15.9. The average molecular weight is 304 g/mol. The molecule has 2 nitrogen and oxygen atoms in total. The number of aryl methyl sites for hydroxylation is 1. The van der Waals surface area contributed by atoms with Crippen molar-refractivity contribution in [2.24, 2.45) is 5.92 Å². The molecule has 1 aromatic carbocycles. The van der Waals surface area contributed by atoms with Crippen LogP contribution < -0.4 is 5.32 Å². The third-order valence-electron chi connectivity index (χ3n) is 5.70. The predicted octanol–water partition coefficient (Wildman–Crippen LogP) is 4.18. The molecule has 1 saturated heterocycles. The minimum absolute atomic E-state index is 0.0226. The maximum atomic E-state index is 4.86. The molecule has 23 heavy (non-hydrogen) atoms. The Kier molecular flexibility index (Phi) is 3.57. The number of hydrogen-bond donors (Lipinski definition) is 1. The number of hydrogen-bond acceptors (Lipinski definition) is 2. The van der Waals surface area contributed by atoms with Gasteiger partial charge in [-0.05, 0) is 68.5 Å². The van der Waals surface area contributed by atoms with Crippen LogP contribution in [-0.4, -0.2) is 18.1 Å². The average Bonchev–Trinajstić information content (AvgIpc) is 2.72. The molecule has 1 unspecified atom stereocenters. The molecule has 0 amide bonds. The van der Waals surface area contributed by atoms with E-state index in [2.05, 4.69) is 55.6 Å². The van der Waals surface area contributed by atoms with E-state index in [0.29, 0.717) is 5.92 Å². The highest BCUT2D eigenvalue weighted by atomic mass is 14.9. The Morgan fingerprint density at radius 2 is 1.87 bits per heavy atom. The van der Waals surface area contributed by atoms with Gasteiger partial charge in [0, 0.05) is 11.6 Å². The monoisotopic (exact) mass is 304 g/mol. The van der Waals surface area contributed by atoms with Crippen molar-refractivity contribution in [2.75, 3.05) is 13.1 Å².